The number of halogens is 1. The number of nitrogens with one attached hydrogen (secondary N) is 1. The van der Waals surface area contributed by atoms with E-state index >= 15 is 0 Å². The second-order valence-electron chi connectivity index (χ2n) is 4.59. The molecule has 3 rings (SSSR count). The number of hydrogen-bond donors (Lipinski definition) is 1. The molecule has 3 aromatic rings. The average molecular weight is 296 g/mol. The van der Waals surface area contributed by atoms with Gasteiger partial charge in [0.25, 0.3) is 0 Å². The van der Waals surface area contributed by atoms with Crippen molar-refractivity contribution >= 4 is 17.3 Å². The first-order valence-corrected chi connectivity index (χ1v) is 7.01. The summed E-state index contributed by atoms with van der Waals surface area (Å²) in [5.41, 5.74) is 4.82. The third-order valence-electron chi connectivity index (χ3n) is 3.26. The number of aromatic nitrogens is 2. The lowest BCUT2D eigenvalue weighted by Gasteiger charge is -2.08. The maximum Gasteiger partial charge on any atom is 0.0965 e. The Hall–Kier alpha value is -2.39. The fraction of sp³-hybridized carbons (Fsp3) is 0.0588. The predicted molar refractivity (Wildman–Crippen MR) is 87.5 cm³/mol. The molecule has 4 heteroatoms. The monoisotopic (exact) mass is 295 g/mol. The van der Waals surface area contributed by atoms with Crippen LogP contribution in [0.5, 0.6) is 0 Å². The van der Waals surface area contributed by atoms with E-state index in [0.717, 1.165) is 28.2 Å². The summed E-state index contributed by atoms with van der Waals surface area (Å²) in [4.78, 5) is 8.96. The molecule has 0 amide bonds. The van der Waals surface area contributed by atoms with Crippen molar-refractivity contribution in [2.45, 2.75) is 0 Å². The minimum absolute atomic E-state index is 0.711. The lowest BCUT2D eigenvalue weighted by molar-refractivity contribution is 1.21. The van der Waals surface area contributed by atoms with Gasteiger partial charge in [-0.15, -0.1) is 0 Å². The molecule has 0 aliphatic carbocycles. The Morgan fingerprint density at radius 1 is 0.762 bits per heavy atom. The first-order chi connectivity index (χ1) is 10.3. The largest absolute Gasteiger partial charge is 0.388 e. The molecule has 1 aromatic heterocycles. The van der Waals surface area contributed by atoms with E-state index < -0.39 is 0 Å². The summed E-state index contributed by atoms with van der Waals surface area (Å²) in [6, 6.07) is 15.8. The Kier molecular flexibility index (Phi) is 3.84. The van der Waals surface area contributed by atoms with Crippen molar-refractivity contribution in [2.24, 2.45) is 0 Å². The van der Waals surface area contributed by atoms with E-state index in [0.29, 0.717) is 5.02 Å². The van der Waals surface area contributed by atoms with Crippen molar-refractivity contribution in [3.63, 3.8) is 0 Å². The predicted octanol–water partition coefficient (Wildman–Crippen LogP) is 4.51. The summed E-state index contributed by atoms with van der Waals surface area (Å²) in [6.07, 6.45) is 3.41. The van der Waals surface area contributed by atoms with E-state index in [1.54, 1.807) is 12.4 Å². The Morgan fingerprint density at radius 3 is 1.71 bits per heavy atom. The third kappa shape index (κ3) is 2.88. The van der Waals surface area contributed by atoms with Crippen molar-refractivity contribution in [3.05, 3.63) is 65.9 Å². The standard InChI is InChI=1S/C17H14ClN3/c1-19-15-8-4-13(5-9-15)17-16(20-10-11-21-17)12-2-6-14(18)7-3-12/h2-11,19H,1H3. The van der Waals surface area contributed by atoms with Crippen molar-refractivity contribution in [2.75, 3.05) is 12.4 Å². The molecule has 0 atom stereocenters. The van der Waals surface area contributed by atoms with Gasteiger partial charge in [-0.3, -0.25) is 9.97 Å². The fourth-order valence-electron chi connectivity index (χ4n) is 2.16. The smallest absolute Gasteiger partial charge is 0.0965 e. The van der Waals surface area contributed by atoms with E-state index in [2.05, 4.69) is 15.3 Å². The van der Waals surface area contributed by atoms with Gasteiger partial charge >= 0.3 is 0 Å². The van der Waals surface area contributed by atoms with Gasteiger partial charge in [-0.1, -0.05) is 35.9 Å². The van der Waals surface area contributed by atoms with Gasteiger partial charge in [0.05, 0.1) is 11.4 Å². The van der Waals surface area contributed by atoms with E-state index in [4.69, 9.17) is 11.6 Å². The second-order valence-corrected chi connectivity index (χ2v) is 5.02. The van der Waals surface area contributed by atoms with Crippen molar-refractivity contribution in [1.29, 1.82) is 0 Å². The SMILES string of the molecule is CNc1ccc(-c2nccnc2-c2ccc(Cl)cc2)cc1. The summed E-state index contributed by atoms with van der Waals surface area (Å²) in [7, 11) is 1.90. The van der Waals surface area contributed by atoms with Crippen LogP contribution in [0.4, 0.5) is 5.69 Å². The molecule has 21 heavy (non-hydrogen) atoms. The highest BCUT2D eigenvalue weighted by Gasteiger charge is 2.10. The summed E-state index contributed by atoms with van der Waals surface area (Å²) in [6.45, 7) is 0. The molecule has 0 bridgehead atoms. The van der Waals surface area contributed by atoms with Crippen LogP contribution in [0.3, 0.4) is 0 Å². The zero-order valence-electron chi connectivity index (χ0n) is 11.5. The Balaban J connectivity index is 2.08. The Labute approximate surface area is 128 Å². The molecule has 1 heterocycles. The van der Waals surface area contributed by atoms with Crippen LogP contribution < -0.4 is 5.32 Å². The van der Waals surface area contributed by atoms with Gasteiger partial charge in [0.1, 0.15) is 0 Å². The minimum Gasteiger partial charge on any atom is -0.388 e. The summed E-state index contributed by atoms with van der Waals surface area (Å²) in [5.74, 6) is 0. The van der Waals surface area contributed by atoms with Gasteiger partial charge in [-0.2, -0.15) is 0 Å². The van der Waals surface area contributed by atoms with Gasteiger partial charge < -0.3 is 5.32 Å². The zero-order chi connectivity index (χ0) is 14.7. The number of benzene rings is 2. The highest BCUT2D eigenvalue weighted by Crippen LogP contribution is 2.29. The van der Waals surface area contributed by atoms with Gasteiger partial charge in [0, 0.05) is 41.3 Å². The quantitative estimate of drug-likeness (QED) is 0.773. The third-order valence-corrected chi connectivity index (χ3v) is 3.51. The van der Waals surface area contributed by atoms with Crippen LogP contribution in [-0.2, 0) is 0 Å². The van der Waals surface area contributed by atoms with Crippen LogP contribution in [-0.4, -0.2) is 17.0 Å². The van der Waals surface area contributed by atoms with Crippen LogP contribution in [0.15, 0.2) is 60.9 Å². The summed E-state index contributed by atoms with van der Waals surface area (Å²) in [5, 5.41) is 3.82. The molecule has 2 aromatic carbocycles. The fourth-order valence-corrected chi connectivity index (χ4v) is 2.29. The van der Waals surface area contributed by atoms with Crippen molar-refractivity contribution < 1.29 is 0 Å². The normalized spacial score (nSPS) is 10.4. The van der Waals surface area contributed by atoms with Crippen molar-refractivity contribution in [3.8, 4) is 22.5 Å². The molecule has 0 saturated heterocycles. The molecule has 0 aliphatic rings. The van der Waals surface area contributed by atoms with Crippen LogP contribution >= 0.6 is 11.6 Å². The van der Waals surface area contributed by atoms with Crippen LogP contribution in [0, 0.1) is 0 Å². The molecular weight excluding hydrogens is 282 g/mol. The summed E-state index contributed by atoms with van der Waals surface area (Å²) < 4.78 is 0. The van der Waals surface area contributed by atoms with Crippen molar-refractivity contribution in [1.82, 2.24) is 9.97 Å². The second kappa shape index (κ2) is 5.94. The lowest BCUT2D eigenvalue weighted by Crippen LogP contribution is -1.93. The molecule has 0 unspecified atom stereocenters. The molecule has 3 nitrogen and oxygen atoms in total. The Bertz CT molecular complexity index is 737. The number of rotatable bonds is 3. The molecule has 1 N–H and O–H groups in total. The molecular formula is C17H14ClN3. The topological polar surface area (TPSA) is 37.8 Å². The molecule has 0 fully saturated rings. The number of nitrogens with zero attached hydrogens (tertiary/aromatic N) is 2. The van der Waals surface area contributed by atoms with Gasteiger partial charge in [0.15, 0.2) is 0 Å². The van der Waals surface area contributed by atoms with E-state index in [9.17, 15) is 0 Å². The van der Waals surface area contributed by atoms with Crippen LogP contribution in [0.25, 0.3) is 22.5 Å². The average Bonchev–Trinajstić information content (AvgIpc) is 2.56. The van der Waals surface area contributed by atoms with E-state index in [-0.39, 0.29) is 0 Å². The lowest BCUT2D eigenvalue weighted by atomic mass is 10.0. The Morgan fingerprint density at radius 2 is 1.24 bits per heavy atom. The number of anilines is 1. The minimum atomic E-state index is 0.711. The highest BCUT2D eigenvalue weighted by atomic mass is 35.5. The molecule has 0 spiro atoms. The van der Waals surface area contributed by atoms with Gasteiger partial charge in [0.2, 0.25) is 0 Å². The zero-order valence-corrected chi connectivity index (χ0v) is 12.3. The van der Waals surface area contributed by atoms with E-state index in [1.165, 1.54) is 0 Å². The maximum atomic E-state index is 5.95. The van der Waals surface area contributed by atoms with Crippen LogP contribution in [0.2, 0.25) is 5.02 Å². The molecule has 0 aliphatic heterocycles. The molecule has 104 valence electrons. The number of hydrogen-bond acceptors (Lipinski definition) is 3. The summed E-state index contributed by atoms with van der Waals surface area (Å²) >= 11 is 5.95. The van der Waals surface area contributed by atoms with Gasteiger partial charge in [-0.05, 0) is 24.3 Å². The van der Waals surface area contributed by atoms with Crippen LogP contribution in [0.1, 0.15) is 0 Å². The van der Waals surface area contributed by atoms with Gasteiger partial charge in [-0.25, -0.2) is 0 Å². The first-order valence-electron chi connectivity index (χ1n) is 6.63. The maximum absolute atomic E-state index is 5.95. The first kappa shape index (κ1) is 13.6. The molecule has 0 saturated carbocycles. The highest BCUT2D eigenvalue weighted by molar-refractivity contribution is 6.30. The van der Waals surface area contributed by atoms with E-state index in [1.807, 2.05) is 55.6 Å². The molecule has 0 radical (unpaired) electrons.